The number of hydrogen-bond acceptors (Lipinski definition) is 4. The minimum Gasteiger partial charge on any atom is -0.465 e. The van der Waals surface area contributed by atoms with Crippen LogP contribution >= 0.6 is 7.80 Å². The van der Waals surface area contributed by atoms with Gasteiger partial charge in [-0.25, -0.2) is 0 Å². The van der Waals surface area contributed by atoms with Crippen molar-refractivity contribution in [3.05, 3.63) is 0 Å². The molecule has 0 heterocycles. The number of rotatable bonds is 9. The molecule has 108 valence electrons. The number of ether oxygens (including phenoxy) is 2. The second-order valence-electron chi connectivity index (χ2n) is 5.41. The van der Waals surface area contributed by atoms with Crippen LogP contribution in [0.25, 0.3) is 0 Å². The predicted molar refractivity (Wildman–Crippen MR) is 74.5 cm³/mol. The molecular weight excluding hydrogens is 251 g/mol. The van der Waals surface area contributed by atoms with E-state index in [0.717, 1.165) is 0 Å². The molecule has 0 radical (unpaired) electrons. The third-order valence-corrected chi connectivity index (χ3v) is 4.10. The first-order chi connectivity index (χ1) is 8.32. The van der Waals surface area contributed by atoms with Gasteiger partial charge in [0.1, 0.15) is 13.6 Å². The average molecular weight is 278 g/mol. The Morgan fingerprint density at radius 1 is 1.06 bits per heavy atom. The Labute approximate surface area is 111 Å². The Morgan fingerprint density at radius 3 is 2.11 bits per heavy atom. The molecule has 0 aliphatic heterocycles. The van der Waals surface area contributed by atoms with Gasteiger partial charge in [-0.1, -0.05) is 27.7 Å². The van der Waals surface area contributed by atoms with E-state index in [-0.39, 0.29) is 18.2 Å². The molecule has 0 amide bonds. The number of esters is 1. The zero-order valence-corrected chi connectivity index (χ0v) is 13.2. The minimum absolute atomic E-state index is 0.222. The zero-order chi connectivity index (χ0) is 14.1. The predicted octanol–water partition coefficient (Wildman–Crippen LogP) is 3.15. The molecule has 0 aromatic carbocycles. The van der Waals surface area contributed by atoms with Crippen molar-refractivity contribution in [3.8, 4) is 0 Å². The quantitative estimate of drug-likeness (QED) is 0.480. The van der Waals surface area contributed by atoms with Crippen LogP contribution in [0, 0.1) is 11.8 Å². The maximum absolute atomic E-state index is 11.9. The van der Waals surface area contributed by atoms with Crippen LogP contribution in [0.5, 0.6) is 0 Å². The van der Waals surface area contributed by atoms with Gasteiger partial charge in [0.25, 0.3) is 0 Å². The Kier molecular flexibility index (Phi) is 9.39. The summed E-state index contributed by atoms with van der Waals surface area (Å²) in [5, 5.41) is 0. The molecule has 2 atom stereocenters. The first-order valence-electron chi connectivity index (χ1n) is 6.62. The Morgan fingerprint density at radius 2 is 1.61 bits per heavy atom. The van der Waals surface area contributed by atoms with E-state index in [0.29, 0.717) is 31.2 Å². The van der Waals surface area contributed by atoms with Crippen molar-refractivity contribution in [2.75, 3.05) is 19.4 Å². The van der Waals surface area contributed by atoms with Gasteiger partial charge in [-0.05, 0) is 18.8 Å². The number of carbonyl (C=O) groups is 1. The van der Waals surface area contributed by atoms with Crippen LogP contribution in [0.3, 0.4) is 0 Å². The second-order valence-corrected chi connectivity index (χ2v) is 7.66. The third kappa shape index (κ3) is 9.67. The van der Waals surface area contributed by atoms with E-state index in [9.17, 15) is 9.36 Å². The van der Waals surface area contributed by atoms with Crippen LogP contribution in [0.4, 0.5) is 0 Å². The summed E-state index contributed by atoms with van der Waals surface area (Å²) in [6.45, 7) is 10.9. The molecule has 0 spiro atoms. The van der Waals surface area contributed by atoms with E-state index < -0.39 is 7.80 Å². The lowest BCUT2D eigenvalue weighted by atomic mass is 10.2. The third-order valence-electron chi connectivity index (χ3n) is 2.29. The molecule has 2 unspecified atom stereocenters. The molecule has 0 saturated heterocycles. The summed E-state index contributed by atoms with van der Waals surface area (Å²) in [7, 11) is -1.87. The van der Waals surface area contributed by atoms with Crippen LogP contribution in [0.15, 0.2) is 0 Å². The van der Waals surface area contributed by atoms with Crippen molar-refractivity contribution < 1.29 is 18.8 Å². The number of hydrogen-bond donors (Lipinski definition) is 0. The highest BCUT2D eigenvalue weighted by Gasteiger charge is 2.14. The van der Waals surface area contributed by atoms with E-state index in [1.807, 2.05) is 34.6 Å². The van der Waals surface area contributed by atoms with E-state index >= 15 is 0 Å². The van der Waals surface area contributed by atoms with Gasteiger partial charge in [-0.2, -0.15) is 0 Å². The average Bonchev–Trinajstić information content (AvgIpc) is 2.30. The molecule has 0 rings (SSSR count). The van der Waals surface area contributed by atoms with Crippen molar-refractivity contribution in [1.82, 2.24) is 0 Å². The van der Waals surface area contributed by atoms with Gasteiger partial charge in [-0.3, -0.25) is 4.79 Å². The largest absolute Gasteiger partial charge is 0.465 e. The summed E-state index contributed by atoms with van der Waals surface area (Å²) < 4.78 is 22.4. The highest BCUT2D eigenvalue weighted by Crippen LogP contribution is 2.29. The van der Waals surface area contributed by atoms with Crippen molar-refractivity contribution in [2.45, 2.75) is 46.9 Å². The van der Waals surface area contributed by atoms with Gasteiger partial charge in [0.15, 0.2) is 0 Å². The summed E-state index contributed by atoms with van der Waals surface area (Å²) in [5.74, 6) is 0.242. The topological polar surface area (TPSA) is 52.6 Å². The smallest absolute Gasteiger partial charge is 0.306 e. The van der Waals surface area contributed by atoms with Gasteiger partial charge in [0.2, 0.25) is 0 Å². The lowest BCUT2D eigenvalue weighted by molar-refractivity contribution is -0.144. The van der Waals surface area contributed by atoms with Crippen molar-refractivity contribution in [2.24, 2.45) is 11.8 Å². The van der Waals surface area contributed by atoms with Crippen molar-refractivity contribution in [3.63, 3.8) is 0 Å². The molecule has 0 bridgehead atoms. The summed E-state index contributed by atoms with van der Waals surface area (Å²) in [5.41, 5.74) is 0. The summed E-state index contributed by atoms with van der Waals surface area (Å²) in [6, 6.07) is 0. The van der Waals surface area contributed by atoms with Crippen LogP contribution in [0.1, 0.15) is 41.0 Å². The maximum atomic E-state index is 11.9. The van der Waals surface area contributed by atoms with Crippen molar-refractivity contribution in [1.29, 1.82) is 0 Å². The van der Waals surface area contributed by atoms with Crippen LogP contribution < -0.4 is 0 Å². The monoisotopic (exact) mass is 278 g/mol. The fourth-order valence-electron chi connectivity index (χ4n) is 1.19. The van der Waals surface area contributed by atoms with Gasteiger partial charge in [0, 0.05) is 12.8 Å². The molecule has 5 heteroatoms. The van der Waals surface area contributed by atoms with E-state index in [2.05, 4.69) is 0 Å². The summed E-state index contributed by atoms with van der Waals surface area (Å²) in [6.07, 6.45) is 0.598. The number of carbonyl (C=O) groups excluding carboxylic acids is 1. The summed E-state index contributed by atoms with van der Waals surface area (Å²) in [4.78, 5) is 11.4. The van der Waals surface area contributed by atoms with Gasteiger partial charge < -0.3 is 14.0 Å². The van der Waals surface area contributed by atoms with Crippen molar-refractivity contribution >= 4 is 13.8 Å². The van der Waals surface area contributed by atoms with E-state index in [1.54, 1.807) is 0 Å². The molecule has 0 aromatic heterocycles. The lowest BCUT2D eigenvalue weighted by Crippen LogP contribution is -2.13. The highest BCUT2D eigenvalue weighted by molar-refractivity contribution is 7.45. The molecule has 0 aliphatic carbocycles. The fourth-order valence-corrected chi connectivity index (χ4v) is 2.33. The first kappa shape index (κ1) is 17.7. The fraction of sp³-hybridized carbons (Fsp3) is 0.923. The maximum Gasteiger partial charge on any atom is 0.306 e. The normalized spacial score (nSPS) is 14.8. The van der Waals surface area contributed by atoms with E-state index in [4.69, 9.17) is 9.47 Å². The Hall–Kier alpha value is -0.340. The SMILES string of the molecule is CC(C)COC(=O)CC[PH](=O)C(C)OCC(C)C. The molecular formula is C13H27O4P. The molecule has 4 nitrogen and oxygen atoms in total. The van der Waals surface area contributed by atoms with Crippen LogP contribution in [-0.4, -0.2) is 31.2 Å². The Bertz CT molecular complexity index is 264. The molecule has 18 heavy (non-hydrogen) atoms. The van der Waals surface area contributed by atoms with Gasteiger partial charge in [0.05, 0.1) is 13.0 Å². The minimum atomic E-state index is -1.87. The molecule has 0 aliphatic rings. The summed E-state index contributed by atoms with van der Waals surface area (Å²) >= 11 is 0. The molecule has 0 aromatic rings. The van der Waals surface area contributed by atoms with Crippen LogP contribution in [0.2, 0.25) is 0 Å². The lowest BCUT2D eigenvalue weighted by Gasteiger charge is -2.14. The standard InChI is InChI=1S/C13H27O4P/c1-10(2)8-16-12(5)18(15)7-6-13(14)17-9-11(3)4/h10-12,18H,6-9H2,1-5H3. The zero-order valence-electron chi connectivity index (χ0n) is 12.2. The van der Waals surface area contributed by atoms with Crippen LogP contribution in [-0.2, 0) is 18.8 Å². The molecule has 0 N–H and O–H groups in total. The van der Waals surface area contributed by atoms with E-state index in [1.165, 1.54) is 0 Å². The highest BCUT2D eigenvalue weighted by atomic mass is 31.1. The molecule has 0 fully saturated rings. The molecule has 0 saturated carbocycles. The van der Waals surface area contributed by atoms with Gasteiger partial charge in [-0.15, -0.1) is 0 Å². The second kappa shape index (κ2) is 9.57. The van der Waals surface area contributed by atoms with Gasteiger partial charge >= 0.3 is 5.97 Å². The first-order valence-corrected chi connectivity index (χ1v) is 8.32. The Balaban J connectivity index is 3.77.